The van der Waals surface area contributed by atoms with E-state index in [1.165, 1.54) is 12.0 Å². The number of aromatic nitrogens is 2. The first-order chi connectivity index (χ1) is 15.7. The number of hydrogen-bond acceptors (Lipinski definition) is 4. The average molecular weight is 469 g/mol. The number of nitrogens with one attached hydrogen (secondary N) is 1. The summed E-state index contributed by atoms with van der Waals surface area (Å²) in [6, 6.07) is 16.1. The Morgan fingerprint density at radius 2 is 1.79 bits per heavy atom. The summed E-state index contributed by atoms with van der Waals surface area (Å²) in [7, 11) is 1.51. The first-order valence-corrected chi connectivity index (χ1v) is 11.1. The van der Waals surface area contributed by atoms with Gasteiger partial charge in [0.2, 0.25) is 5.91 Å². The number of methoxy groups -OCH3 is 1. The zero-order valence-corrected chi connectivity index (χ0v) is 20.3. The highest BCUT2D eigenvalue weighted by molar-refractivity contribution is 6.32. The number of benzene rings is 2. The lowest BCUT2D eigenvalue weighted by Crippen LogP contribution is -2.38. The van der Waals surface area contributed by atoms with Gasteiger partial charge in [-0.3, -0.25) is 9.59 Å². The van der Waals surface area contributed by atoms with Crippen LogP contribution in [-0.2, 0) is 10.2 Å². The lowest BCUT2D eigenvalue weighted by atomic mass is 9.92. The molecule has 3 aromatic rings. The molecule has 0 aliphatic heterocycles. The molecule has 0 atom stereocenters. The van der Waals surface area contributed by atoms with Crippen molar-refractivity contribution in [2.45, 2.75) is 33.1 Å². The van der Waals surface area contributed by atoms with E-state index in [0.717, 1.165) is 5.69 Å². The molecular formula is C25H29ClN4O3. The molecule has 0 aliphatic rings. The molecule has 174 valence electrons. The fourth-order valence-electron chi connectivity index (χ4n) is 3.32. The van der Waals surface area contributed by atoms with Crippen LogP contribution in [0.15, 0.2) is 54.6 Å². The molecule has 0 saturated heterocycles. The number of halogens is 1. The number of anilines is 1. The maximum atomic E-state index is 13.0. The number of carbonyl (C=O) groups is 2. The van der Waals surface area contributed by atoms with Crippen LogP contribution < -0.4 is 10.1 Å². The van der Waals surface area contributed by atoms with Gasteiger partial charge in [-0.1, -0.05) is 56.6 Å². The van der Waals surface area contributed by atoms with Crippen molar-refractivity contribution >= 4 is 29.2 Å². The number of ether oxygens (including phenoxy) is 1. The molecule has 3 rings (SSSR count). The molecule has 0 fully saturated rings. The molecular weight excluding hydrogens is 440 g/mol. The van der Waals surface area contributed by atoms with Gasteiger partial charge < -0.3 is 15.0 Å². The Labute approximate surface area is 199 Å². The number of para-hydroxylation sites is 2. The summed E-state index contributed by atoms with van der Waals surface area (Å²) in [6.07, 6.45) is 0. The van der Waals surface area contributed by atoms with Crippen LogP contribution in [0.4, 0.5) is 5.82 Å². The quantitative estimate of drug-likeness (QED) is 0.533. The molecule has 0 saturated carbocycles. The molecule has 33 heavy (non-hydrogen) atoms. The molecule has 0 spiro atoms. The molecule has 1 heterocycles. The molecule has 8 heteroatoms. The highest BCUT2D eigenvalue weighted by Crippen LogP contribution is 2.29. The highest BCUT2D eigenvalue weighted by atomic mass is 35.5. The Morgan fingerprint density at radius 1 is 1.12 bits per heavy atom. The van der Waals surface area contributed by atoms with Crippen LogP contribution in [0.3, 0.4) is 0 Å². The molecule has 2 aromatic carbocycles. The topological polar surface area (TPSA) is 76.5 Å². The van der Waals surface area contributed by atoms with Crippen LogP contribution in [0.2, 0.25) is 5.02 Å². The summed E-state index contributed by atoms with van der Waals surface area (Å²) < 4.78 is 6.92. The maximum Gasteiger partial charge on any atom is 0.258 e. The van der Waals surface area contributed by atoms with Gasteiger partial charge in [-0.05, 0) is 31.2 Å². The number of nitrogens with zero attached hydrogens (tertiary/aromatic N) is 3. The fourth-order valence-corrected chi connectivity index (χ4v) is 3.53. The van der Waals surface area contributed by atoms with Gasteiger partial charge in [0.05, 0.1) is 29.1 Å². The minimum atomic E-state index is -0.339. The third-order valence-electron chi connectivity index (χ3n) is 5.17. The van der Waals surface area contributed by atoms with E-state index < -0.39 is 0 Å². The van der Waals surface area contributed by atoms with Crippen LogP contribution in [0.1, 0.15) is 43.7 Å². The lowest BCUT2D eigenvalue weighted by molar-refractivity contribution is -0.116. The molecule has 2 amide bonds. The van der Waals surface area contributed by atoms with Crippen molar-refractivity contribution in [3.8, 4) is 11.4 Å². The lowest BCUT2D eigenvalue weighted by Gasteiger charge is -2.21. The molecule has 0 radical (unpaired) electrons. The predicted molar refractivity (Wildman–Crippen MR) is 130 cm³/mol. The van der Waals surface area contributed by atoms with E-state index in [1.54, 1.807) is 35.0 Å². The highest BCUT2D eigenvalue weighted by Gasteiger charge is 2.24. The Balaban J connectivity index is 1.86. The van der Waals surface area contributed by atoms with Crippen molar-refractivity contribution in [1.82, 2.24) is 14.7 Å². The number of likely N-dealkylation sites (N-methyl/N-ethyl adjacent to an activating group) is 1. The first kappa shape index (κ1) is 24.3. The van der Waals surface area contributed by atoms with Gasteiger partial charge in [0.25, 0.3) is 5.91 Å². The normalized spacial score (nSPS) is 11.2. The second kappa shape index (κ2) is 10.1. The van der Waals surface area contributed by atoms with Gasteiger partial charge in [0, 0.05) is 18.0 Å². The van der Waals surface area contributed by atoms with Gasteiger partial charge in [-0.25, -0.2) is 4.68 Å². The van der Waals surface area contributed by atoms with Crippen molar-refractivity contribution in [3.05, 3.63) is 70.9 Å². The summed E-state index contributed by atoms with van der Waals surface area (Å²) in [6.45, 7) is 8.20. The third kappa shape index (κ3) is 5.54. The third-order valence-corrected chi connectivity index (χ3v) is 5.49. The van der Waals surface area contributed by atoms with E-state index in [4.69, 9.17) is 21.4 Å². The second-order valence-electron chi connectivity index (χ2n) is 8.60. The van der Waals surface area contributed by atoms with Gasteiger partial charge >= 0.3 is 0 Å². The summed E-state index contributed by atoms with van der Waals surface area (Å²) in [5.74, 6) is 0.334. The number of amides is 2. The minimum absolute atomic E-state index is 0.119. The Morgan fingerprint density at radius 3 is 2.42 bits per heavy atom. The van der Waals surface area contributed by atoms with Crippen LogP contribution in [0.5, 0.6) is 5.75 Å². The molecule has 0 aliphatic carbocycles. The van der Waals surface area contributed by atoms with Crippen LogP contribution in [0.25, 0.3) is 5.69 Å². The van der Waals surface area contributed by atoms with E-state index in [9.17, 15) is 9.59 Å². The van der Waals surface area contributed by atoms with E-state index >= 15 is 0 Å². The largest absolute Gasteiger partial charge is 0.496 e. The molecule has 7 nitrogen and oxygen atoms in total. The predicted octanol–water partition coefficient (Wildman–Crippen LogP) is 4.93. The van der Waals surface area contributed by atoms with E-state index in [-0.39, 0.29) is 23.8 Å². The van der Waals surface area contributed by atoms with Crippen molar-refractivity contribution in [2.75, 3.05) is 25.5 Å². The molecule has 1 N–H and O–H groups in total. The SMILES string of the molecule is CCN(CC(=O)Nc1cc(C(C)(C)C)nn1-c1ccccc1Cl)C(=O)c1ccccc1OC. The number of hydrogen-bond donors (Lipinski definition) is 1. The van der Waals surface area contributed by atoms with Crippen molar-refractivity contribution in [3.63, 3.8) is 0 Å². The van der Waals surface area contributed by atoms with Crippen molar-refractivity contribution in [2.24, 2.45) is 0 Å². The molecule has 1 aromatic heterocycles. The Kier molecular flexibility index (Phi) is 7.43. The Bertz CT molecular complexity index is 1150. The van der Waals surface area contributed by atoms with E-state index in [0.29, 0.717) is 34.4 Å². The minimum Gasteiger partial charge on any atom is -0.496 e. The monoisotopic (exact) mass is 468 g/mol. The Hall–Kier alpha value is -3.32. The molecule has 0 unspecified atom stereocenters. The van der Waals surface area contributed by atoms with Crippen molar-refractivity contribution in [1.29, 1.82) is 0 Å². The smallest absolute Gasteiger partial charge is 0.258 e. The first-order valence-electron chi connectivity index (χ1n) is 10.7. The molecule has 0 bridgehead atoms. The summed E-state index contributed by atoms with van der Waals surface area (Å²) in [5, 5.41) is 8.11. The fraction of sp³-hybridized carbons (Fsp3) is 0.320. The van der Waals surface area contributed by atoms with Crippen LogP contribution in [-0.4, -0.2) is 46.7 Å². The van der Waals surface area contributed by atoms with E-state index in [1.807, 2.05) is 52.0 Å². The second-order valence-corrected chi connectivity index (χ2v) is 9.00. The number of carbonyl (C=O) groups excluding carboxylic acids is 2. The van der Waals surface area contributed by atoms with Crippen LogP contribution in [0, 0.1) is 0 Å². The van der Waals surface area contributed by atoms with Gasteiger partial charge in [0.15, 0.2) is 0 Å². The van der Waals surface area contributed by atoms with Gasteiger partial charge in [-0.15, -0.1) is 0 Å². The zero-order valence-electron chi connectivity index (χ0n) is 19.6. The average Bonchev–Trinajstić information content (AvgIpc) is 3.21. The van der Waals surface area contributed by atoms with Gasteiger partial charge in [-0.2, -0.15) is 5.10 Å². The summed E-state index contributed by atoms with van der Waals surface area (Å²) in [4.78, 5) is 27.5. The summed E-state index contributed by atoms with van der Waals surface area (Å²) in [5.41, 5.74) is 1.63. The van der Waals surface area contributed by atoms with E-state index in [2.05, 4.69) is 5.32 Å². The van der Waals surface area contributed by atoms with Crippen LogP contribution >= 0.6 is 11.6 Å². The standard InChI is InChI=1S/C25H29ClN4O3/c1-6-29(24(32)17-11-7-10-14-20(17)33-5)16-23(31)27-22-15-21(25(2,3)4)28-30(22)19-13-9-8-12-18(19)26/h7-15H,6,16H2,1-5H3,(H,27,31). The summed E-state index contributed by atoms with van der Waals surface area (Å²) >= 11 is 6.40. The zero-order chi connectivity index (χ0) is 24.2. The number of rotatable bonds is 7. The van der Waals surface area contributed by atoms with Crippen molar-refractivity contribution < 1.29 is 14.3 Å². The maximum absolute atomic E-state index is 13.0. The van der Waals surface area contributed by atoms with Gasteiger partial charge in [0.1, 0.15) is 18.1 Å².